The highest BCUT2D eigenvalue weighted by molar-refractivity contribution is 9.10. The van der Waals surface area contributed by atoms with E-state index in [1.165, 1.54) is 0 Å². The molecule has 0 atom stereocenters. The Morgan fingerprint density at radius 1 is 1.36 bits per heavy atom. The Morgan fingerprint density at radius 3 is 2.86 bits per heavy atom. The van der Waals surface area contributed by atoms with E-state index in [1.807, 2.05) is 31.3 Å². The smallest absolute Gasteiger partial charge is 0.126 e. The van der Waals surface area contributed by atoms with E-state index in [9.17, 15) is 0 Å². The fraction of sp³-hybridized carbons (Fsp3) is 0.100. The quantitative estimate of drug-likeness (QED) is 0.855. The molecule has 2 rings (SSSR count). The van der Waals surface area contributed by atoms with Gasteiger partial charge < -0.3 is 5.32 Å². The molecule has 0 aliphatic rings. The molecular formula is C10H8BrClN2. The van der Waals surface area contributed by atoms with Crippen LogP contribution in [0.2, 0.25) is 5.02 Å². The first-order valence-electron chi connectivity index (χ1n) is 4.14. The van der Waals surface area contributed by atoms with Crippen LogP contribution in [0.15, 0.2) is 28.7 Å². The Morgan fingerprint density at radius 2 is 2.14 bits per heavy atom. The minimum absolute atomic E-state index is 0.711. The van der Waals surface area contributed by atoms with Crippen molar-refractivity contribution in [1.82, 2.24) is 4.98 Å². The molecule has 4 heteroatoms. The zero-order valence-electron chi connectivity index (χ0n) is 7.51. The number of nitrogens with zero attached hydrogens (tertiary/aromatic N) is 1. The van der Waals surface area contributed by atoms with Crippen molar-refractivity contribution < 1.29 is 0 Å². The van der Waals surface area contributed by atoms with Crippen molar-refractivity contribution in [2.24, 2.45) is 0 Å². The molecule has 0 radical (unpaired) electrons. The second-order valence-corrected chi connectivity index (χ2v) is 4.20. The summed E-state index contributed by atoms with van der Waals surface area (Å²) in [5.74, 6) is 0.848. The number of pyridine rings is 1. The lowest BCUT2D eigenvalue weighted by Gasteiger charge is -2.04. The summed E-state index contributed by atoms with van der Waals surface area (Å²) in [7, 11) is 1.85. The Balaban J connectivity index is 2.75. The van der Waals surface area contributed by atoms with Crippen molar-refractivity contribution in [2.75, 3.05) is 12.4 Å². The van der Waals surface area contributed by atoms with Crippen molar-refractivity contribution in [3.8, 4) is 0 Å². The zero-order chi connectivity index (χ0) is 10.1. The summed E-state index contributed by atoms with van der Waals surface area (Å²) >= 11 is 9.36. The molecule has 1 heterocycles. The molecule has 2 aromatic rings. The highest BCUT2D eigenvalue weighted by atomic mass is 79.9. The van der Waals surface area contributed by atoms with E-state index in [-0.39, 0.29) is 0 Å². The van der Waals surface area contributed by atoms with Crippen molar-refractivity contribution in [3.63, 3.8) is 0 Å². The van der Waals surface area contributed by atoms with Gasteiger partial charge in [-0.2, -0.15) is 0 Å². The molecule has 0 saturated carbocycles. The molecule has 1 aromatic carbocycles. The van der Waals surface area contributed by atoms with Gasteiger partial charge in [0.25, 0.3) is 0 Å². The summed E-state index contributed by atoms with van der Waals surface area (Å²) in [6.45, 7) is 0. The predicted molar refractivity (Wildman–Crippen MR) is 64.0 cm³/mol. The number of halogens is 2. The fourth-order valence-corrected chi connectivity index (χ4v) is 2.22. The molecule has 0 spiro atoms. The van der Waals surface area contributed by atoms with Gasteiger partial charge in [-0.05, 0) is 40.2 Å². The standard InChI is InChI=1S/C10H8BrClN2/c1-13-9-3-2-6-4-7(12)5-8(11)10(6)14-9/h2-5H,1H3,(H,13,14). The second-order valence-electron chi connectivity index (χ2n) is 2.91. The van der Waals surface area contributed by atoms with Crippen LogP contribution in [-0.4, -0.2) is 12.0 Å². The number of hydrogen-bond donors (Lipinski definition) is 1. The average Bonchev–Trinajstić information content (AvgIpc) is 2.17. The van der Waals surface area contributed by atoms with Gasteiger partial charge in [-0.3, -0.25) is 0 Å². The van der Waals surface area contributed by atoms with Gasteiger partial charge >= 0.3 is 0 Å². The number of aromatic nitrogens is 1. The topological polar surface area (TPSA) is 24.9 Å². The van der Waals surface area contributed by atoms with Gasteiger partial charge in [0.2, 0.25) is 0 Å². The molecule has 1 aromatic heterocycles. The molecule has 0 aliphatic carbocycles. The number of fused-ring (bicyclic) bond motifs is 1. The zero-order valence-corrected chi connectivity index (χ0v) is 9.85. The molecule has 0 bridgehead atoms. The highest BCUT2D eigenvalue weighted by Gasteiger charge is 2.02. The summed E-state index contributed by atoms with van der Waals surface area (Å²) in [6.07, 6.45) is 0. The van der Waals surface area contributed by atoms with E-state index in [2.05, 4.69) is 26.2 Å². The maximum absolute atomic E-state index is 5.92. The minimum Gasteiger partial charge on any atom is -0.373 e. The highest BCUT2D eigenvalue weighted by Crippen LogP contribution is 2.27. The molecule has 0 amide bonds. The van der Waals surface area contributed by atoms with Gasteiger partial charge in [0.1, 0.15) is 5.82 Å². The van der Waals surface area contributed by atoms with Crippen LogP contribution < -0.4 is 5.32 Å². The molecule has 0 unspecified atom stereocenters. The van der Waals surface area contributed by atoms with Crippen molar-refractivity contribution in [2.45, 2.75) is 0 Å². The lowest BCUT2D eigenvalue weighted by molar-refractivity contribution is 1.34. The molecule has 14 heavy (non-hydrogen) atoms. The van der Waals surface area contributed by atoms with E-state index in [0.29, 0.717) is 5.02 Å². The third-order valence-electron chi connectivity index (χ3n) is 1.97. The first kappa shape index (κ1) is 9.74. The van der Waals surface area contributed by atoms with Gasteiger partial charge in [-0.25, -0.2) is 4.98 Å². The van der Waals surface area contributed by atoms with Crippen LogP contribution in [0.4, 0.5) is 5.82 Å². The van der Waals surface area contributed by atoms with Crippen LogP contribution >= 0.6 is 27.5 Å². The first-order chi connectivity index (χ1) is 6.70. The van der Waals surface area contributed by atoms with E-state index in [0.717, 1.165) is 21.2 Å². The average molecular weight is 272 g/mol. The van der Waals surface area contributed by atoms with E-state index in [1.54, 1.807) is 0 Å². The fourth-order valence-electron chi connectivity index (χ4n) is 1.30. The molecule has 72 valence electrons. The van der Waals surface area contributed by atoms with Crippen molar-refractivity contribution in [1.29, 1.82) is 0 Å². The summed E-state index contributed by atoms with van der Waals surface area (Å²) < 4.78 is 0.914. The molecule has 2 nitrogen and oxygen atoms in total. The van der Waals surface area contributed by atoms with Crippen LogP contribution in [0.25, 0.3) is 10.9 Å². The Bertz CT molecular complexity index is 485. The van der Waals surface area contributed by atoms with E-state index < -0.39 is 0 Å². The molecule has 0 saturated heterocycles. The maximum atomic E-state index is 5.92. The minimum atomic E-state index is 0.711. The SMILES string of the molecule is CNc1ccc2cc(Cl)cc(Br)c2n1. The maximum Gasteiger partial charge on any atom is 0.126 e. The number of anilines is 1. The lowest BCUT2D eigenvalue weighted by Crippen LogP contribution is -1.92. The van der Waals surface area contributed by atoms with Crippen molar-refractivity contribution in [3.05, 3.63) is 33.8 Å². The van der Waals surface area contributed by atoms with Crippen molar-refractivity contribution >= 4 is 44.3 Å². The van der Waals surface area contributed by atoms with Gasteiger partial charge in [0.15, 0.2) is 0 Å². The lowest BCUT2D eigenvalue weighted by atomic mass is 10.2. The monoisotopic (exact) mass is 270 g/mol. The van der Waals surface area contributed by atoms with Gasteiger partial charge in [-0.1, -0.05) is 11.6 Å². The molecule has 1 N–H and O–H groups in total. The molecule has 0 fully saturated rings. The van der Waals surface area contributed by atoms with Gasteiger partial charge in [0.05, 0.1) is 5.52 Å². The Labute approximate surface area is 95.4 Å². The third kappa shape index (κ3) is 1.70. The summed E-state index contributed by atoms with van der Waals surface area (Å²) in [6, 6.07) is 7.65. The van der Waals surface area contributed by atoms with Crippen LogP contribution in [0.1, 0.15) is 0 Å². The van der Waals surface area contributed by atoms with Crippen LogP contribution in [0.5, 0.6) is 0 Å². The summed E-state index contributed by atoms with van der Waals surface area (Å²) in [4.78, 5) is 4.42. The number of hydrogen-bond acceptors (Lipinski definition) is 2. The second kappa shape index (κ2) is 3.75. The van der Waals surface area contributed by atoms with E-state index >= 15 is 0 Å². The van der Waals surface area contributed by atoms with E-state index in [4.69, 9.17) is 11.6 Å². The Hall–Kier alpha value is -0.800. The van der Waals surface area contributed by atoms with Gasteiger partial charge in [-0.15, -0.1) is 0 Å². The summed E-state index contributed by atoms with van der Waals surface area (Å²) in [5, 5.41) is 4.74. The Kier molecular flexibility index (Phi) is 2.61. The normalized spacial score (nSPS) is 10.5. The van der Waals surface area contributed by atoms with Crippen LogP contribution in [0.3, 0.4) is 0 Å². The van der Waals surface area contributed by atoms with Gasteiger partial charge in [0, 0.05) is 21.9 Å². The number of benzene rings is 1. The largest absolute Gasteiger partial charge is 0.373 e. The number of rotatable bonds is 1. The summed E-state index contributed by atoms with van der Waals surface area (Å²) in [5.41, 5.74) is 0.918. The van der Waals surface area contributed by atoms with Crippen LogP contribution in [0, 0.1) is 0 Å². The first-order valence-corrected chi connectivity index (χ1v) is 5.31. The predicted octanol–water partition coefficient (Wildman–Crippen LogP) is 3.69. The molecular weight excluding hydrogens is 263 g/mol. The molecule has 0 aliphatic heterocycles. The number of nitrogens with one attached hydrogen (secondary N) is 1. The van der Waals surface area contributed by atoms with Crippen LogP contribution in [-0.2, 0) is 0 Å². The third-order valence-corrected chi connectivity index (χ3v) is 2.79.